The number of likely N-dealkylation sites (tertiary alicyclic amines) is 1. The van der Waals surface area contributed by atoms with E-state index in [2.05, 4.69) is 111 Å². The van der Waals surface area contributed by atoms with Crippen LogP contribution in [0.2, 0.25) is 0 Å². The van der Waals surface area contributed by atoms with E-state index in [0.717, 1.165) is 51.1 Å². The maximum Gasteiger partial charge on any atom is 0.127 e. The van der Waals surface area contributed by atoms with Crippen molar-refractivity contribution in [1.82, 2.24) is 10.2 Å². The smallest absolute Gasteiger partial charge is 0.127 e. The van der Waals surface area contributed by atoms with Crippen molar-refractivity contribution in [2.75, 3.05) is 25.0 Å². The van der Waals surface area contributed by atoms with Crippen LogP contribution in [0.4, 0.5) is 5.69 Å². The van der Waals surface area contributed by atoms with Gasteiger partial charge in [-0.15, -0.1) is 0 Å². The van der Waals surface area contributed by atoms with E-state index in [1.165, 1.54) is 39.1 Å². The van der Waals surface area contributed by atoms with E-state index in [0.29, 0.717) is 6.04 Å². The van der Waals surface area contributed by atoms with Gasteiger partial charge in [0.2, 0.25) is 0 Å². The molecule has 0 radical (unpaired) electrons. The van der Waals surface area contributed by atoms with Crippen LogP contribution in [-0.2, 0) is 12.8 Å². The number of fused-ring (bicyclic) bond motifs is 3. The first-order valence-corrected chi connectivity index (χ1v) is 14.4. The zero-order valence-corrected chi connectivity index (χ0v) is 23.7. The van der Waals surface area contributed by atoms with Gasteiger partial charge in [-0.2, -0.15) is 0 Å². The van der Waals surface area contributed by atoms with E-state index in [-0.39, 0.29) is 17.2 Å². The van der Waals surface area contributed by atoms with Crippen LogP contribution in [0.1, 0.15) is 73.0 Å². The average molecular weight is 510 g/mol. The van der Waals surface area contributed by atoms with Crippen LogP contribution >= 0.6 is 0 Å². The number of rotatable bonds is 6. The molecule has 0 amide bonds. The second-order valence-corrected chi connectivity index (χ2v) is 12.8. The Morgan fingerprint density at radius 1 is 0.868 bits per heavy atom. The third kappa shape index (κ3) is 4.85. The van der Waals surface area contributed by atoms with Crippen LogP contribution in [0.3, 0.4) is 0 Å². The number of hydrogen-bond donors (Lipinski definition) is 2. The van der Waals surface area contributed by atoms with Crippen molar-refractivity contribution in [3.8, 4) is 5.75 Å². The minimum absolute atomic E-state index is 0.111. The molecule has 1 atom stereocenters. The van der Waals surface area contributed by atoms with Crippen molar-refractivity contribution in [3.05, 3.63) is 94.0 Å². The molecule has 2 N–H and O–H groups in total. The van der Waals surface area contributed by atoms with Crippen molar-refractivity contribution in [2.45, 2.75) is 83.5 Å². The molecule has 1 fully saturated rings. The zero-order chi connectivity index (χ0) is 26.5. The van der Waals surface area contributed by atoms with Gasteiger partial charge in [0.1, 0.15) is 11.4 Å². The molecule has 3 aromatic carbocycles. The molecule has 3 aromatic rings. The lowest BCUT2D eigenvalue weighted by molar-refractivity contribution is 0.0501. The van der Waals surface area contributed by atoms with Crippen LogP contribution in [0.15, 0.2) is 60.7 Å². The highest BCUT2D eigenvalue weighted by molar-refractivity contribution is 5.73. The molecule has 6 rings (SSSR count). The molecule has 0 bridgehead atoms. The molecule has 38 heavy (non-hydrogen) atoms. The van der Waals surface area contributed by atoms with Gasteiger partial charge in [0.15, 0.2) is 0 Å². The van der Waals surface area contributed by atoms with Gasteiger partial charge >= 0.3 is 0 Å². The molecule has 3 aliphatic heterocycles. The summed E-state index contributed by atoms with van der Waals surface area (Å²) in [7, 11) is 0. The molecule has 0 aliphatic carbocycles. The van der Waals surface area contributed by atoms with Gasteiger partial charge in [0, 0.05) is 35.8 Å². The van der Waals surface area contributed by atoms with Crippen LogP contribution < -0.4 is 15.4 Å². The summed E-state index contributed by atoms with van der Waals surface area (Å²) < 4.78 is 6.82. The van der Waals surface area contributed by atoms with E-state index in [4.69, 9.17) is 4.74 Å². The first kappa shape index (κ1) is 25.5. The predicted molar refractivity (Wildman–Crippen MR) is 157 cm³/mol. The number of ether oxygens (including phenoxy) is 1. The van der Waals surface area contributed by atoms with E-state index >= 15 is 0 Å². The van der Waals surface area contributed by atoms with E-state index in [1.807, 2.05) is 0 Å². The second kappa shape index (κ2) is 9.73. The van der Waals surface area contributed by atoms with Gasteiger partial charge in [-0.05, 0) is 94.8 Å². The van der Waals surface area contributed by atoms with Crippen molar-refractivity contribution >= 4 is 5.69 Å². The van der Waals surface area contributed by atoms with Gasteiger partial charge in [0.25, 0.3) is 0 Å². The highest BCUT2D eigenvalue weighted by Gasteiger charge is 2.43. The summed E-state index contributed by atoms with van der Waals surface area (Å²) >= 11 is 0. The lowest BCUT2D eigenvalue weighted by atomic mass is 9.88. The minimum Gasteiger partial charge on any atom is -0.485 e. The van der Waals surface area contributed by atoms with Gasteiger partial charge in [-0.3, -0.25) is 4.90 Å². The Hall–Kier alpha value is -2.82. The summed E-state index contributed by atoms with van der Waals surface area (Å²) in [6.07, 6.45) is 4.40. The number of nitrogens with zero attached hydrogens (tertiary/aromatic N) is 1. The number of benzene rings is 3. The third-order valence-electron chi connectivity index (χ3n) is 9.01. The maximum atomic E-state index is 6.82. The first-order chi connectivity index (χ1) is 18.2. The van der Waals surface area contributed by atoms with Crippen LogP contribution in [0.25, 0.3) is 0 Å². The second-order valence-electron chi connectivity index (χ2n) is 12.8. The summed E-state index contributed by atoms with van der Waals surface area (Å²) in [4.78, 5) is 2.63. The Balaban J connectivity index is 1.12. The fraction of sp³-hybridized carbons (Fsp3) is 0.471. The van der Waals surface area contributed by atoms with Crippen LogP contribution in [-0.4, -0.2) is 41.7 Å². The molecular formula is C34H43N3O. The van der Waals surface area contributed by atoms with Crippen molar-refractivity contribution in [2.24, 2.45) is 0 Å². The summed E-state index contributed by atoms with van der Waals surface area (Å²) in [6.45, 7) is 14.6. The van der Waals surface area contributed by atoms with Gasteiger partial charge < -0.3 is 15.4 Å². The Kier molecular flexibility index (Phi) is 6.52. The Bertz CT molecular complexity index is 1260. The van der Waals surface area contributed by atoms with Crippen molar-refractivity contribution in [1.29, 1.82) is 0 Å². The number of nitrogens with one attached hydrogen (secondary N) is 2. The number of hydrogen-bond acceptors (Lipinski definition) is 4. The van der Waals surface area contributed by atoms with E-state index in [9.17, 15) is 0 Å². The van der Waals surface area contributed by atoms with Crippen molar-refractivity contribution in [3.63, 3.8) is 0 Å². The summed E-state index contributed by atoms with van der Waals surface area (Å²) in [5, 5.41) is 7.80. The molecular weight excluding hydrogens is 466 g/mol. The van der Waals surface area contributed by atoms with E-state index in [1.54, 1.807) is 0 Å². The Morgan fingerprint density at radius 2 is 1.47 bits per heavy atom. The zero-order valence-electron chi connectivity index (χ0n) is 23.7. The Labute approximate surface area is 228 Å². The first-order valence-electron chi connectivity index (χ1n) is 14.4. The fourth-order valence-corrected chi connectivity index (χ4v) is 7.00. The molecule has 1 saturated heterocycles. The maximum absolute atomic E-state index is 6.82. The Morgan fingerprint density at radius 3 is 2.08 bits per heavy atom. The molecule has 0 aromatic heterocycles. The van der Waals surface area contributed by atoms with Crippen LogP contribution in [0, 0.1) is 13.8 Å². The lowest BCUT2D eigenvalue weighted by Crippen LogP contribution is -2.50. The summed E-state index contributed by atoms with van der Waals surface area (Å²) in [6, 6.07) is 22.5. The fourth-order valence-electron chi connectivity index (χ4n) is 7.00. The summed E-state index contributed by atoms with van der Waals surface area (Å²) in [5.74, 6) is 1.16. The normalized spacial score (nSPS) is 22.7. The highest BCUT2D eigenvalue weighted by Crippen LogP contribution is 2.49. The lowest BCUT2D eigenvalue weighted by Gasteiger charge is -2.38. The molecule has 0 spiro atoms. The molecule has 1 unspecified atom stereocenters. The monoisotopic (exact) mass is 509 g/mol. The minimum atomic E-state index is -0.168. The van der Waals surface area contributed by atoms with Gasteiger partial charge in [-0.1, -0.05) is 60.7 Å². The number of piperidine rings is 1. The SMILES string of the molecule is Cc1c(C)c2c(c3c1NC(C)(C)C3)CC(C)(CN1CCC(NC(c3ccccc3)c3ccccc3)CC1)O2. The standard InChI is InChI=1S/C34H43N3O/c1-23-24(2)32-29(28-20-33(3,4)36-30(23)28)21-34(5,38-32)22-37-18-16-27(17-19-37)35-31(25-12-8-6-9-13-25)26-14-10-7-11-15-26/h6-15,27,31,35-36H,16-22H2,1-5H3. The molecule has 3 aliphatic rings. The molecule has 0 saturated carbocycles. The highest BCUT2D eigenvalue weighted by atomic mass is 16.5. The molecule has 4 nitrogen and oxygen atoms in total. The van der Waals surface area contributed by atoms with Gasteiger partial charge in [0.05, 0.1) is 6.04 Å². The van der Waals surface area contributed by atoms with E-state index < -0.39 is 0 Å². The van der Waals surface area contributed by atoms with Crippen LogP contribution in [0.5, 0.6) is 5.75 Å². The third-order valence-corrected chi connectivity index (χ3v) is 9.01. The molecule has 4 heteroatoms. The average Bonchev–Trinajstić information content (AvgIpc) is 3.44. The number of anilines is 1. The molecule has 200 valence electrons. The summed E-state index contributed by atoms with van der Waals surface area (Å²) in [5.41, 5.74) is 9.58. The quantitative estimate of drug-likeness (QED) is 0.393. The molecule has 3 heterocycles. The van der Waals surface area contributed by atoms with Gasteiger partial charge in [-0.25, -0.2) is 0 Å². The predicted octanol–water partition coefficient (Wildman–Crippen LogP) is 6.59. The van der Waals surface area contributed by atoms with Crippen molar-refractivity contribution < 1.29 is 4.74 Å². The topological polar surface area (TPSA) is 36.5 Å². The largest absolute Gasteiger partial charge is 0.485 e.